The van der Waals surface area contributed by atoms with Gasteiger partial charge in [0.15, 0.2) is 5.65 Å². The van der Waals surface area contributed by atoms with Crippen LogP contribution in [0, 0.1) is 0 Å². The first kappa shape index (κ1) is 8.46. The zero-order valence-corrected chi connectivity index (χ0v) is 7.83. The van der Waals surface area contributed by atoms with E-state index in [9.17, 15) is 8.42 Å². The van der Waals surface area contributed by atoms with Crippen LogP contribution in [0.15, 0.2) is 29.6 Å². The van der Waals surface area contributed by atoms with Gasteiger partial charge in [-0.25, -0.2) is 8.42 Å². The standard InChI is InChI=1S/C6H4ClN3O2S/c7-13(11,12)5-1-2-6-9-8-4-10(6)3-5/h1-4H. The lowest BCUT2D eigenvalue weighted by Gasteiger charge is -1.95. The number of hydrogen-bond donors (Lipinski definition) is 0. The average Bonchev–Trinajstić information content (AvgIpc) is 2.47. The molecule has 0 aromatic carbocycles. The summed E-state index contributed by atoms with van der Waals surface area (Å²) in [6, 6.07) is 2.91. The van der Waals surface area contributed by atoms with E-state index in [4.69, 9.17) is 10.7 Å². The quantitative estimate of drug-likeness (QED) is 0.659. The highest BCUT2D eigenvalue weighted by molar-refractivity contribution is 8.13. The number of hydrogen-bond acceptors (Lipinski definition) is 4. The third kappa shape index (κ3) is 1.50. The van der Waals surface area contributed by atoms with Gasteiger partial charge >= 0.3 is 0 Å². The predicted molar refractivity (Wildman–Crippen MR) is 46.0 cm³/mol. The van der Waals surface area contributed by atoms with Gasteiger partial charge in [0, 0.05) is 16.9 Å². The van der Waals surface area contributed by atoms with Gasteiger partial charge in [-0.15, -0.1) is 10.2 Å². The monoisotopic (exact) mass is 217 g/mol. The van der Waals surface area contributed by atoms with E-state index in [1.165, 1.54) is 29.1 Å². The fourth-order valence-electron chi connectivity index (χ4n) is 0.951. The maximum atomic E-state index is 10.9. The minimum Gasteiger partial charge on any atom is -0.288 e. The van der Waals surface area contributed by atoms with Crippen molar-refractivity contribution in [3.05, 3.63) is 24.7 Å². The second-order valence-electron chi connectivity index (χ2n) is 2.40. The fourth-order valence-corrected chi connectivity index (χ4v) is 1.70. The Labute approximate surface area is 78.4 Å². The summed E-state index contributed by atoms with van der Waals surface area (Å²) in [5.41, 5.74) is 0.573. The van der Waals surface area contributed by atoms with Crippen molar-refractivity contribution >= 4 is 25.4 Å². The molecule has 13 heavy (non-hydrogen) atoms. The van der Waals surface area contributed by atoms with Gasteiger partial charge in [0.05, 0.1) is 4.90 Å². The van der Waals surface area contributed by atoms with Crippen molar-refractivity contribution < 1.29 is 8.42 Å². The number of aromatic nitrogens is 3. The van der Waals surface area contributed by atoms with Crippen molar-refractivity contribution in [1.29, 1.82) is 0 Å². The van der Waals surface area contributed by atoms with Gasteiger partial charge in [0.2, 0.25) is 0 Å². The first-order valence-corrected chi connectivity index (χ1v) is 5.62. The zero-order chi connectivity index (χ0) is 9.47. The highest BCUT2D eigenvalue weighted by atomic mass is 35.7. The Morgan fingerprint density at radius 2 is 2.15 bits per heavy atom. The van der Waals surface area contributed by atoms with Crippen LogP contribution in [-0.4, -0.2) is 23.0 Å². The summed E-state index contributed by atoms with van der Waals surface area (Å²) in [6.07, 6.45) is 2.76. The molecule has 0 N–H and O–H groups in total. The molecule has 68 valence electrons. The third-order valence-electron chi connectivity index (χ3n) is 1.55. The molecule has 2 aromatic rings. The molecular weight excluding hydrogens is 214 g/mol. The van der Waals surface area contributed by atoms with Crippen molar-refractivity contribution in [3.8, 4) is 0 Å². The van der Waals surface area contributed by atoms with Gasteiger partial charge in [-0.05, 0) is 12.1 Å². The lowest BCUT2D eigenvalue weighted by atomic mass is 10.5. The Balaban J connectivity index is 2.75. The van der Waals surface area contributed by atoms with E-state index in [0.29, 0.717) is 5.65 Å². The van der Waals surface area contributed by atoms with Crippen LogP contribution in [0.25, 0.3) is 5.65 Å². The predicted octanol–water partition coefficient (Wildman–Crippen LogP) is 0.657. The lowest BCUT2D eigenvalue weighted by Crippen LogP contribution is -1.93. The molecule has 0 saturated carbocycles. The second-order valence-corrected chi connectivity index (χ2v) is 4.96. The molecule has 5 nitrogen and oxygen atoms in total. The summed E-state index contributed by atoms with van der Waals surface area (Å²) in [7, 11) is 1.47. The Bertz CT molecular complexity index is 548. The van der Waals surface area contributed by atoms with E-state index >= 15 is 0 Å². The minimum atomic E-state index is -3.68. The molecule has 0 aliphatic heterocycles. The van der Waals surface area contributed by atoms with Gasteiger partial charge in [-0.1, -0.05) is 0 Å². The van der Waals surface area contributed by atoms with Crippen molar-refractivity contribution in [2.75, 3.05) is 0 Å². The first-order chi connectivity index (χ1) is 6.07. The van der Waals surface area contributed by atoms with E-state index in [-0.39, 0.29) is 4.90 Å². The molecule has 0 spiro atoms. The molecule has 2 heterocycles. The molecule has 7 heteroatoms. The number of halogens is 1. The molecule has 0 fully saturated rings. The van der Waals surface area contributed by atoms with Gasteiger partial charge in [0.1, 0.15) is 6.33 Å². The third-order valence-corrected chi connectivity index (χ3v) is 2.88. The molecule has 0 atom stereocenters. The maximum Gasteiger partial charge on any atom is 0.262 e. The van der Waals surface area contributed by atoms with Crippen molar-refractivity contribution in [3.63, 3.8) is 0 Å². The summed E-state index contributed by atoms with van der Waals surface area (Å²) < 4.78 is 23.3. The highest BCUT2D eigenvalue weighted by Gasteiger charge is 2.10. The van der Waals surface area contributed by atoms with Crippen LogP contribution in [0.1, 0.15) is 0 Å². The lowest BCUT2D eigenvalue weighted by molar-refractivity contribution is 0.609. The molecule has 0 aliphatic carbocycles. The van der Waals surface area contributed by atoms with Crippen LogP contribution < -0.4 is 0 Å². The van der Waals surface area contributed by atoms with Gasteiger partial charge in [-0.2, -0.15) is 0 Å². The average molecular weight is 218 g/mol. The van der Waals surface area contributed by atoms with Gasteiger partial charge in [0.25, 0.3) is 9.05 Å². The molecule has 0 bridgehead atoms. The van der Waals surface area contributed by atoms with E-state index in [0.717, 1.165) is 0 Å². The zero-order valence-electron chi connectivity index (χ0n) is 6.25. The van der Waals surface area contributed by atoms with Crippen molar-refractivity contribution in [2.45, 2.75) is 4.90 Å². The summed E-state index contributed by atoms with van der Waals surface area (Å²) in [6.45, 7) is 0. The topological polar surface area (TPSA) is 64.3 Å². The van der Waals surface area contributed by atoms with Crippen molar-refractivity contribution in [2.24, 2.45) is 0 Å². The Morgan fingerprint density at radius 1 is 1.38 bits per heavy atom. The summed E-state index contributed by atoms with van der Waals surface area (Å²) in [5, 5.41) is 7.32. The fraction of sp³-hybridized carbons (Fsp3) is 0. The van der Waals surface area contributed by atoms with E-state index in [2.05, 4.69) is 10.2 Å². The molecule has 0 aliphatic rings. The van der Waals surface area contributed by atoms with Crippen LogP contribution >= 0.6 is 10.7 Å². The summed E-state index contributed by atoms with van der Waals surface area (Å²) in [5.74, 6) is 0. The molecule has 0 unspecified atom stereocenters. The second kappa shape index (κ2) is 2.68. The summed E-state index contributed by atoms with van der Waals surface area (Å²) >= 11 is 0. The highest BCUT2D eigenvalue weighted by Crippen LogP contribution is 2.14. The minimum absolute atomic E-state index is 0.0291. The van der Waals surface area contributed by atoms with Crippen LogP contribution in [-0.2, 0) is 9.05 Å². The normalized spacial score (nSPS) is 12.1. The SMILES string of the molecule is O=S(=O)(Cl)c1ccc2nncn2c1. The first-order valence-electron chi connectivity index (χ1n) is 3.31. The number of fused-ring (bicyclic) bond motifs is 1. The van der Waals surface area contributed by atoms with E-state index < -0.39 is 9.05 Å². The maximum absolute atomic E-state index is 10.9. The number of pyridine rings is 1. The molecule has 0 amide bonds. The van der Waals surface area contributed by atoms with E-state index in [1.807, 2.05) is 0 Å². The largest absolute Gasteiger partial charge is 0.288 e. The smallest absolute Gasteiger partial charge is 0.262 e. The molecule has 2 aromatic heterocycles. The van der Waals surface area contributed by atoms with Crippen LogP contribution in [0.3, 0.4) is 0 Å². The van der Waals surface area contributed by atoms with Gasteiger partial charge < -0.3 is 0 Å². The molecule has 0 saturated heterocycles. The summed E-state index contributed by atoms with van der Waals surface area (Å²) in [4.78, 5) is 0.0291. The molecule has 2 rings (SSSR count). The van der Waals surface area contributed by atoms with Crippen LogP contribution in [0.5, 0.6) is 0 Å². The van der Waals surface area contributed by atoms with Crippen LogP contribution in [0.4, 0.5) is 0 Å². The molecular formula is C6H4ClN3O2S. The van der Waals surface area contributed by atoms with Crippen molar-refractivity contribution in [1.82, 2.24) is 14.6 Å². The number of rotatable bonds is 1. The van der Waals surface area contributed by atoms with Gasteiger partial charge in [-0.3, -0.25) is 4.40 Å². The van der Waals surface area contributed by atoms with Crippen LogP contribution in [0.2, 0.25) is 0 Å². The van der Waals surface area contributed by atoms with E-state index in [1.54, 1.807) is 0 Å². The number of nitrogens with zero attached hydrogens (tertiary/aromatic N) is 3. The molecule has 0 radical (unpaired) electrons. The Kier molecular flexibility index (Phi) is 1.74. The Hall–Kier alpha value is -1.14. The Morgan fingerprint density at radius 3 is 2.85 bits per heavy atom.